The fourth-order valence-corrected chi connectivity index (χ4v) is 0.738. The molecular weight excluding hydrogens is 128 g/mol. The number of aryl methyl sites for hydroxylation is 1. The van der Waals surface area contributed by atoms with Crippen molar-refractivity contribution in [2.75, 3.05) is 0 Å². The van der Waals surface area contributed by atoms with E-state index >= 15 is 0 Å². The van der Waals surface area contributed by atoms with Crippen LogP contribution in [-0.4, -0.2) is 14.9 Å². The maximum atomic E-state index is 9.06. The summed E-state index contributed by atoms with van der Waals surface area (Å²) < 4.78 is 1.74. The normalized spacial score (nSPS) is 10.8. The fraction of sp³-hybridized carbons (Fsp3) is 0.571. The molecule has 1 heterocycles. The summed E-state index contributed by atoms with van der Waals surface area (Å²) in [6.45, 7) is 5.87. The number of hydrogen-bond acceptors (Lipinski definition) is 2. The topological polar surface area (TPSA) is 38.0 Å². The summed E-state index contributed by atoms with van der Waals surface area (Å²) in [5.41, 5.74) is 0.828. The second-order valence-corrected chi connectivity index (χ2v) is 2.71. The van der Waals surface area contributed by atoms with E-state index in [1.807, 2.05) is 27.0 Å². The van der Waals surface area contributed by atoms with Crippen LogP contribution in [0.4, 0.5) is 0 Å². The minimum Gasteiger partial charge on any atom is -0.492 e. The molecule has 1 N–H and O–H groups in total. The molecule has 3 heteroatoms. The largest absolute Gasteiger partial charge is 0.492 e. The molecule has 10 heavy (non-hydrogen) atoms. The van der Waals surface area contributed by atoms with E-state index < -0.39 is 0 Å². The highest BCUT2D eigenvalue weighted by Gasteiger charge is 2.03. The van der Waals surface area contributed by atoms with Gasteiger partial charge in [-0.1, -0.05) is 0 Å². The second kappa shape index (κ2) is 2.33. The van der Waals surface area contributed by atoms with Crippen LogP contribution in [0.15, 0.2) is 6.20 Å². The third-order valence-electron chi connectivity index (χ3n) is 1.42. The molecule has 56 valence electrons. The number of aromatic nitrogens is 2. The van der Waals surface area contributed by atoms with Crippen molar-refractivity contribution in [3.63, 3.8) is 0 Å². The molecule has 0 atom stereocenters. The maximum Gasteiger partial charge on any atom is 0.233 e. The molecule has 0 fully saturated rings. The molecule has 0 aliphatic carbocycles. The zero-order valence-electron chi connectivity index (χ0n) is 6.50. The molecular formula is C7H12N2O. The van der Waals surface area contributed by atoms with Crippen molar-refractivity contribution in [2.24, 2.45) is 0 Å². The molecule has 0 aliphatic rings. The number of nitrogens with zero attached hydrogens (tertiary/aromatic N) is 2. The van der Waals surface area contributed by atoms with Crippen LogP contribution in [-0.2, 0) is 0 Å². The summed E-state index contributed by atoms with van der Waals surface area (Å²) in [6.07, 6.45) is 1.83. The van der Waals surface area contributed by atoms with Crippen molar-refractivity contribution >= 4 is 0 Å². The Bertz CT molecular complexity index is 208. The van der Waals surface area contributed by atoms with Crippen LogP contribution < -0.4 is 0 Å². The van der Waals surface area contributed by atoms with Crippen molar-refractivity contribution in [1.82, 2.24) is 9.78 Å². The van der Waals surface area contributed by atoms with Crippen molar-refractivity contribution < 1.29 is 5.11 Å². The van der Waals surface area contributed by atoms with E-state index in [1.54, 1.807) is 4.68 Å². The van der Waals surface area contributed by atoms with E-state index in [-0.39, 0.29) is 5.88 Å². The van der Waals surface area contributed by atoms with Crippen LogP contribution in [0.1, 0.15) is 25.5 Å². The van der Waals surface area contributed by atoms with Gasteiger partial charge in [-0.15, -0.1) is 5.10 Å². The zero-order valence-corrected chi connectivity index (χ0v) is 6.50. The number of aromatic hydroxyl groups is 1. The van der Waals surface area contributed by atoms with Gasteiger partial charge < -0.3 is 5.11 Å². The Balaban J connectivity index is 2.98. The van der Waals surface area contributed by atoms with E-state index in [0.717, 1.165) is 5.56 Å². The lowest BCUT2D eigenvalue weighted by molar-refractivity contribution is 0.424. The molecule has 0 aromatic carbocycles. The summed E-state index contributed by atoms with van der Waals surface area (Å²) in [5, 5.41) is 12.9. The average Bonchev–Trinajstić information content (AvgIpc) is 2.13. The first kappa shape index (κ1) is 7.12. The van der Waals surface area contributed by atoms with Crippen LogP contribution in [0.5, 0.6) is 5.88 Å². The highest BCUT2D eigenvalue weighted by Crippen LogP contribution is 2.14. The Morgan fingerprint density at radius 3 is 2.40 bits per heavy atom. The van der Waals surface area contributed by atoms with Gasteiger partial charge in [0.15, 0.2) is 0 Å². The minimum atomic E-state index is 0.133. The predicted molar refractivity (Wildman–Crippen MR) is 39.0 cm³/mol. The Hall–Kier alpha value is -0.990. The summed E-state index contributed by atoms with van der Waals surface area (Å²) in [7, 11) is 0. The van der Waals surface area contributed by atoms with Crippen LogP contribution in [0.25, 0.3) is 0 Å². The Morgan fingerprint density at radius 1 is 1.60 bits per heavy atom. The molecule has 0 amide bonds. The summed E-state index contributed by atoms with van der Waals surface area (Å²) in [5.74, 6) is 0.133. The van der Waals surface area contributed by atoms with Crippen LogP contribution in [0, 0.1) is 6.92 Å². The maximum absolute atomic E-state index is 9.06. The molecule has 0 radical (unpaired) electrons. The van der Waals surface area contributed by atoms with Crippen molar-refractivity contribution in [3.8, 4) is 5.88 Å². The average molecular weight is 140 g/mol. The molecule has 3 nitrogen and oxygen atoms in total. The fourth-order valence-electron chi connectivity index (χ4n) is 0.738. The quantitative estimate of drug-likeness (QED) is 0.641. The Morgan fingerprint density at radius 2 is 2.20 bits per heavy atom. The van der Waals surface area contributed by atoms with Crippen molar-refractivity contribution in [1.29, 1.82) is 0 Å². The lowest BCUT2D eigenvalue weighted by atomic mass is 10.4. The zero-order chi connectivity index (χ0) is 7.72. The standard InChI is InChI=1S/C7H12N2O/c1-5(2)9-4-6(3)7(10)8-9/h4-5H,1-3H3,(H,8,10). The molecule has 1 aromatic rings. The molecule has 0 unspecified atom stereocenters. The third kappa shape index (κ3) is 1.12. The smallest absolute Gasteiger partial charge is 0.233 e. The molecule has 0 saturated heterocycles. The van der Waals surface area contributed by atoms with Gasteiger partial charge in [0.2, 0.25) is 5.88 Å². The first-order valence-electron chi connectivity index (χ1n) is 3.36. The van der Waals surface area contributed by atoms with E-state index in [0.29, 0.717) is 6.04 Å². The van der Waals surface area contributed by atoms with E-state index in [9.17, 15) is 0 Å². The predicted octanol–water partition coefficient (Wildman–Crippen LogP) is 1.48. The summed E-state index contributed by atoms with van der Waals surface area (Å²) in [6, 6.07) is 0.319. The van der Waals surface area contributed by atoms with E-state index in [4.69, 9.17) is 5.11 Å². The Labute approximate surface area is 60.3 Å². The molecule has 1 rings (SSSR count). The van der Waals surface area contributed by atoms with Crippen molar-refractivity contribution in [3.05, 3.63) is 11.8 Å². The van der Waals surface area contributed by atoms with Gasteiger partial charge >= 0.3 is 0 Å². The lowest BCUT2D eigenvalue weighted by Gasteiger charge is -2.01. The molecule has 0 saturated carbocycles. The van der Waals surface area contributed by atoms with Crippen molar-refractivity contribution in [2.45, 2.75) is 26.8 Å². The monoisotopic (exact) mass is 140 g/mol. The first-order chi connectivity index (χ1) is 4.61. The number of rotatable bonds is 1. The van der Waals surface area contributed by atoms with Crippen LogP contribution >= 0.6 is 0 Å². The summed E-state index contributed by atoms with van der Waals surface area (Å²) >= 11 is 0. The van der Waals surface area contributed by atoms with E-state index in [1.165, 1.54) is 0 Å². The third-order valence-corrected chi connectivity index (χ3v) is 1.42. The Kier molecular flexibility index (Phi) is 1.66. The van der Waals surface area contributed by atoms with Gasteiger partial charge in [0.05, 0.1) is 0 Å². The van der Waals surface area contributed by atoms with Gasteiger partial charge in [-0.05, 0) is 20.8 Å². The van der Waals surface area contributed by atoms with E-state index in [2.05, 4.69) is 5.10 Å². The highest BCUT2D eigenvalue weighted by molar-refractivity contribution is 5.19. The van der Waals surface area contributed by atoms with Gasteiger partial charge in [-0.2, -0.15) is 0 Å². The van der Waals surface area contributed by atoms with Crippen LogP contribution in [0.3, 0.4) is 0 Å². The molecule has 0 aliphatic heterocycles. The van der Waals surface area contributed by atoms with Gasteiger partial charge in [-0.25, -0.2) is 0 Å². The minimum absolute atomic E-state index is 0.133. The van der Waals surface area contributed by atoms with Gasteiger partial charge in [-0.3, -0.25) is 4.68 Å². The number of hydrogen-bond donors (Lipinski definition) is 1. The summed E-state index contributed by atoms with van der Waals surface area (Å²) in [4.78, 5) is 0. The first-order valence-corrected chi connectivity index (χ1v) is 3.36. The highest BCUT2D eigenvalue weighted by atomic mass is 16.3. The van der Waals surface area contributed by atoms with Gasteiger partial charge in [0.1, 0.15) is 0 Å². The SMILES string of the molecule is Cc1cn(C(C)C)nc1O. The van der Waals surface area contributed by atoms with Gasteiger partial charge in [0, 0.05) is 17.8 Å². The molecule has 0 spiro atoms. The van der Waals surface area contributed by atoms with Crippen LogP contribution in [0.2, 0.25) is 0 Å². The second-order valence-electron chi connectivity index (χ2n) is 2.71. The molecule has 0 bridgehead atoms. The van der Waals surface area contributed by atoms with Gasteiger partial charge in [0.25, 0.3) is 0 Å². The lowest BCUT2D eigenvalue weighted by Crippen LogP contribution is -1.99. The molecule has 1 aromatic heterocycles.